The van der Waals surface area contributed by atoms with Crippen molar-refractivity contribution in [1.82, 2.24) is 5.32 Å². The summed E-state index contributed by atoms with van der Waals surface area (Å²) in [5.74, 6) is -1.24. The Morgan fingerprint density at radius 1 is 1.44 bits per heavy atom. The molecule has 4 nitrogen and oxygen atoms in total. The molecule has 1 atom stereocenters. The fraction of sp³-hybridized carbons (Fsp3) is 0.385. The van der Waals surface area contributed by atoms with Crippen molar-refractivity contribution in [2.45, 2.75) is 12.8 Å². The van der Waals surface area contributed by atoms with Crippen molar-refractivity contribution < 1.29 is 14.7 Å². The third-order valence-corrected chi connectivity index (χ3v) is 4.12. The van der Waals surface area contributed by atoms with Gasteiger partial charge in [0.15, 0.2) is 5.78 Å². The number of hydrogen-bond acceptors (Lipinski definition) is 3. The summed E-state index contributed by atoms with van der Waals surface area (Å²) in [5.41, 5.74) is -0.487. The van der Waals surface area contributed by atoms with Crippen LogP contribution in [0.3, 0.4) is 0 Å². The molecule has 0 saturated carbocycles. The number of hydrogen-bond donors (Lipinski definition) is 2. The number of aliphatic carboxylic acids is 1. The number of nitrogens with one attached hydrogen (secondary N) is 1. The van der Waals surface area contributed by atoms with Crippen molar-refractivity contribution in [3.05, 3.63) is 34.3 Å². The molecule has 1 unspecified atom stereocenters. The minimum atomic E-state index is -1.33. The minimum Gasteiger partial charge on any atom is -0.480 e. The number of halogens is 1. The number of carbonyl (C=O) groups is 2. The van der Waals surface area contributed by atoms with Crippen LogP contribution in [0.2, 0.25) is 0 Å². The van der Waals surface area contributed by atoms with Crippen LogP contribution in [-0.4, -0.2) is 29.9 Å². The number of carboxylic acids is 1. The Bertz CT molecular complexity index is 489. The summed E-state index contributed by atoms with van der Waals surface area (Å²) in [6, 6.07) is 7.40. The zero-order chi connectivity index (χ0) is 13.2. The van der Waals surface area contributed by atoms with Crippen LogP contribution >= 0.6 is 15.9 Å². The van der Waals surface area contributed by atoms with Crippen LogP contribution in [0.25, 0.3) is 0 Å². The second kappa shape index (κ2) is 5.20. The Hall–Kier alpha value is -1.20. The van der Waals surface area contributed by atoms with Crippen LogP contribution < -0.4 is 5.32 Å². The molecule has 0 amide bonds. The number of benzene rings is 1. The van der Waals surface area contributed by atoms with Crippen molar-refractivity contribution >= 4 is 27.7 Å². The van der Waals surface area contributed by atoms with E-state index in [4.69, 9.17) is 0 Å². The average molecular weight is 312 g/mol. The molecule has 0 bridgehead atoms. The van der Waals surface area contributed by atoms with Crippen molar-refractivity contribution in [3.63, 3.8) is 0 Å². The minimum absolute atomic E-state index is 0.190. The number of carboxylic acid groups (broad SMARTS) is 1. The molecule has 0 aliphatic carbocycles. The quantitative estimate of drug-likeness (QED) is 0.833. The van der Waals surface area contributed by atoms with Crippen molar-refractivity contribution in [1.29, 1.82) is 0 Å². The Labute approximate surface area is 114 Å². The second-order valence-electron chi connectivity index (χ2n) is 4.51. The molecule has 1 fully saturated rings. The number of piperidine rings is 1. The van der Waals surface area contributed by atoms with Gasteiger partial charge in [0.25, 0.3) is 0 Å². The van der Waals surface area contributed by atoms with E-state index in [1.807, 2.05) is 24.3 Å². The summed E-state index contributed by atoms with van der Waals surface area (Å²) in [7, 11) is 0. The van der Waals surface area contributed by atoms with Crippen LogP contribution in [0, 0.1) is 5.41 Å². The summed E-state index contributed by atoms with van der Waals surface area (Å²) in [6.07, 6.45) is 0.492. The van der Waals surface area contributed by atoms with Crippen LogP contribution in [0.4, 0.5) is 0 Å². The molecule has 1 saturated heterocycles. The van der Waals surface area contributed by atoms with Gasteiger partial charge in [-0.25, -0.2) is 0 Å². The zero-order valence-corrected chi connectivity index (χ0v) is 11.4. The third-order valence-electron chi connectivity index (χ3n) is 3.35. The molecule has 1 aromatic rings. The van der Waals surface area contributed by atoms with Crippen LogP contribution in [0.5, 0.6) is 0 Å². The average Bonchev–Trinajstić information content (AvgIpc) is 2.34. The molecular weight excluding hydrogens is 298 g/mol. The molecule has 5 heteroatoms. The van der Waals surface area contributed by atoms with Gasteiger partial charge in [0.2, 0.25) is 0 Å². The lowest BCUT2D eigenvalue weighted by atomic mass is 9.75. The van der Waals surface area contributed by atoms with Crippen LogP contribution in [0.1, 0.15) is 12.0 Å². The van der Waals surface area contributed by atoms with Gasteiger partial charge in [0.1, 0.15) is 5.41 Å². The lowest BCUT2D eigenvalue weighted by molar-refractivity contribution is -0.155. The molecule has 1 heterocycles. The molecule has 1 aliphatic rings. The van der Waals surface area contributed by atoms with Gasteiger partial charge in [-0.1, -0.05) is 34.1 Å². The molecule has 1 aromatic carbocycles. The summed E-state index contributed by atoms with van der Waals surface area (Å²) in [5, 5.41) is 12.4. The summed E-state index contributed by atoms with van der Waals surface area (Å²) in [6.45, 7) is 0.756. The van der Waals surface area contributed by atoms with E-state index in [9.17, 15) is 14.7 Å². The molecule has 2 rings (SSSR count). The van der Waals surface area contributed by atoms with Gasteiger partial charge in [-0.2, -0.15) is 0 Å². The van der Waals surface area contributed by atoms with Gasteiger partial charge in [-0.05, 0) is 18.1 Å². The van der Waals surface area contributed by atoms with E-state index < -0.39 is 11.4 Å². The highest BCUT2D eigenvalue weighted by Gasteiger charge is 2.47. The highest BCUT2D eigenvalue weighted by Crippen LogP contribution is 2.31. The molecule has 0 spiro atoms. The standard InChI is InChI=1S/C13H14BrNO3/c14-10-4-2-1-3-9(10)7-13(12(17)18)8-15-6-5-11(13)16/h1-4,15H,5-8H2,(H,17,18). The molecule has 96 valence electrons. The van der Waals surface area contributed by atoms with E-state index in [-0.39, 0.29) is 25.2 Å². The van der Waals surface area contributed by atoms with E-state index in [2.05, 4.69) is 21.2 Å². The number of carbonyl (C=O) groups excluding carboxylic acids is 1. The third kappa shape index (κ3) is 2.33. The van der Waals surface area contributed by atoms with Gasteiger partial charge in [-0.3, -0.25) is 9.59 Å². The predicted octanol–water partition coefficient (Wildman–Crippen LogP) is 1.62. The second-order valence-corrected chi connectivity index (χ2v) is 5.36. The van der Waals surface area contributed by atoms with Crippen LogP contribution in [0.15, 0.2) is 28.7 Å². The topological polar surface area (TPSA) is 66.4 Å². The van der Waals surface area contributed by atoms with E-state index in [0.29, 0.717) is 6.54 Å². The van der Waals surface area contributed by atoms with E-state index in [1.54, 1.807) is 0 Å². The first-order valence-electron chi connectivity index (χ1n) is 5.77. The fourth-order valence-corrected chi connectivity index (χ4v) is 2.66. The van der Waals surface area contributed by atoms with E-state index in [1.165, 1.54) is 0 Å². The van der Waals surface area contributed by atoms with Crippen LogP contribution in [-0.2, 0) is 16.0 Å². The number of ketones is 1. The van der Waals surface area contributed by atoms with Crippen molar-refractivity contribution in [2.75, 3.05) is 13.1 Å². The molecule has 0 aromatic heterocycles. The zero-order valence-electron chi connectivity index (χ0n) is 9.78. The van der Waals surface area contributed by atoms with Crippen molar-refractivity contribution in [3.8, 4) is 0 Å². The van der Waals surface area contributed by atoms with Gasteiger partial charge in [0, 0.05) is 24.0 Å². The van der Waals surface area contributed by atoms with E-state index in [0.717, 1.165) is 10.0 Å². The smallest absolute Gasteiger partial charge is 0.318 e. The maximum Gasteiger partial charge on any atom is 0.318 e. The van der Waals surface area contributed by atoms with Gasteiger partial charge in [0.05, 0.1) is 0 Å². The van der Waals surface area contributed by atoms with Gasteiger partial charge in [-0.15, -0.1) is 0 Å². The lowest BCUT2D eigenvalue weighted by Gasteiger charge is -2.32. The number of rotatable bonds is 3. The Morgan fingerprint density at radius 3 is 2.78 bits per heavy atom. The Kier molecular flexibility index (Phi) is 3.82. The first kappa shape index (κ1) is 13.2. The summed E-state index contributed by atoms with van der Waals surface area (Å²) in [4.78, 5) is 23.6. The highest BCUT2D eigenvalue weighted by atomic mass is 79.9. The molecule has 2 N–H and O–H groups in total. The molecular formula is C13H14BrNO3. The van der Waals surface area contributed by atoms with Gasteiger partial charge < -0.3 is 10.4 Å². The molecule has 0 radical (unpaired) electrons. The lowest BCUT2D eigenvalue weighted by Crippen LogP contribution is -2.53. The predicted molar refractivity (Wildman–Crippen MR) is 70.4 cm³/mol. The van der Waals surface area contributed by atoms with E-state index >= 15 is 0 Å². The SMILES string of the molecule is O=C(O)C1(Cc2ccccc2Br)CNCCC1=O. The largest absolute Gasteiger partial charge is 0.480 e. The molecule has 1 aliphatic heterocycles. The summed E-state index contributed by atoms with van der Waals surface area (Å²) < 4.78 is 0.837. The molecule has 18 heavy (non-hydrogen) atoms. The number of Topliss-reactive ketones (excluding diaryl/α,β-unsaturated/α-hetero) is 1. The normalized spacial score (nSPS) is 23.9. The first-order valence-corrected chi connectivity index (χ1v) is 6.56. The maximum absolute atomic E-state index is 12.0. The van der Waals surface area contributed by atoms with Gasteiger partial charge >= 0.3 is 5.97 Å². The highest BCUT2D eigenvalue weighted by molar-refractivity contribution is 9.10. The summed E-state index contributed by atoms with van der Waals surface area (Å²) >= 11 is 3.39. The fourth-order valence-electron chi connectivity index (χ4n) is 2.24. The Morgan fingerprint density at radius 2 is 2.17 bits per heavy atom. The monoisotopic (exact) mass is 311 g/mol. The van der Waals surface area contributed by atoms with Crippen molar-refractivity contribution in [2.24, 2.45) is 5.41 Å². The maximum atomic E-state index is 12.0. The first-order chi connectivity index (χ1) is 8.56. The Balaban J connectivity index is 2.35.